The van der Waals surface area contributed by atoms with Crippen LogP contribution in [0.15, 0.2) is 18.2 Å². The average Bonchev–Trinajstić information content (AvgIpc) is 2.30. The van der Waals surface area contributed by atoms with Crippen molar-refractivity contribution in [3.63, 3.8) is 0 Å². The molecular weight excluding hydrogens is 214 g/mol. The van der Waals surface area contributed by atoms with Crippen molar-refractivity contribution in [2.45, 2.75) is 26.0 Å². The molecule has 1 aliphatic heterocycles. The van der Waals surface area contributed by atoms with Gasteiger partial charge < -0.3 is 14.8 Å². The first-order chi connectivity index (χ1) is 8.20. The highest BCUT2D eigenvalue weighted by atomic mass is 16.6. The van der Waals surface area contributed by atoms with Gasteiger partial charge in [-0.05, 0) is 26.5 Å². The largest absolute Gasteiger partial charge is 0.376 e. The summed E-state index contributed by atoms with van der Waals surface area (Å²) in [6, 6.07) is 6.82. The molecule has 0 amide bonds. The van der Waals surface area contributed by atoms with Gasteiger partial charge in [-0.25, -0.2) is 0 Å². The van der Waals surface area contributed by atoms with E-state index in [-0.39, 0.29) is 12.1 Å². The summed E-state index contributed by atoms with van der Waals surface area (Å²) in [5.41, 5.74) is 3.86. The van der Waals surface area contributed by atoms with E-state index in [1.165, 1.54) is 16.7 Å². The molecule has 0 saturated carbocycles. The lowest BCUT2D eigenvalue weighted by Crippen LogP contribution is -2.39. The minimum absolute atomic E-state index is 0.106. The molecule has 1 N–H and O–H groups in total. The first kappa shape index (κ1) is 12.6. The average molecular weight is 235 g/mol. The molecule has 2 unspecified atom stereocenters. The van der Waals surface area contributed by atoms with Crippen molar-refractivity contribution >= 4 is 0 Å². The van der Waals surface area contributed by atoms with Crippen LogP contribution < -0.4 is 5.32 Å². The summed E-state index contributed by atoms with van der Waals surface area (Å²) in [6.07, 6.45) is 0.106. The van der Waals surface area contributed by atoms with Crippen LogP contribution in [-0.4, -0.2) is 33.0 Å². The minimum Gasteiger partial charge on any atom is -0.376 e. The highest BCUT2D eigenvalue weighted by Gasteiger charge is 2.25. The van der Waals surface area contributed by atoms with Crippen molar-refractivity contribution in [1.82, 2.24) is 5.32 Å². The molecule has 2 rings (SSSR count). The number of aryl methyl sites for hydroxylation is 2. The van der Waals surface area contributed by atoms with Crippen LogP contribution in [0.3, 0.4) is 0 Å². The summed E-state index contributed by atoms with van der Waals surface area (Å²) in [6.45, 7) is 6.31. The lowest BCUT2D eigenvalue weighted by Gasteiger charge is -2.30. The third-order valence-electron chi connectivity index (χ3n) is 3.13. The molecule has 1 aromatic carbocycles. The lowest BCUT2D eigenvalue weighted by molar-refractivity contribution is -0.101. The Morgan fingerprint density at radius 3 is 2.41 bits per heavy atom. The van der Waals surface area contributed by atoms with Gasteiger partial charge in [0.15, 0.2) is 0 Å². The minimum atomic E-state index is 0.106. The van der Waals surface area contributed by atoms with E-state index in [0.717, 1.165) is 0 Å². The summed E-state index contributed by atoms with van der Waals surface area (Å²) in [4.78, 5) is 0. The molecule has 1 aliphatic rings. The number of hydrogen-bond acceptors (Lipinski definition) is 3. The van der Waals surface area contributed by atoms with Gasteiger partial charge >= 0.3 is 0 Å². The maximum absolute atomic E-state index is 5.78. The van der Waals surface area contributed by atoms with E-state index in [1.54, 1.807) is 0 Å². The lowest BCUT2D eigenvalue weighted by atomic mass is 9.97. The summed E-state index contributed by atoms with van der Waals surface area (Å²) in [7, 11) is 1.97. The first-order valence-corrected chi connectivity index (χ1v) is 6.15. The summed E-state index contributed by atoms with van der Waals surface area (Å²) >= 11 is 0. The maximum Gasteiger partial charge on any atom is 0.100 e. The van der Waals surface area contributed by atoms with Crippen molar-refractivity contribution in [3.05, 3.63) is 34.9 Å². The second kappa shape index (κ2) is 5.63. The third-order valence-corrected chi connectivity index (χ3v) is 3.13. The molecule has 94 valence electrons. The van der Waals surface area contributed by atoms with Gasteiger partial charge in [-0.1, -0.05) is 29.3 Å². The second-order valence-corrected chi connectivity index (χ2v) is 4.67. The smallest absolute Gasteiger partial charge is 0.100 e. The number of likely N-dealkylation sites (N-methyl/N-ethyl adjacent to an activating group) is 1. The van der Waals surface area contributed by atoms with Crippen molar-refractivity contribution in [3.8, 4) is 0 Å². The van der Waals surface area contributed by atoms with Crippen LogP contribution >= 0.6 is 0 Å². The van der Waals surface area contributed by atoms with Gasteiger partial charge in [0.25, 0.3) is 0 Å². The molecule has 1 heterocycles. The van der Waals surface area contributed by atoms with Gasteiger partial charge in [-0.15, -0.1) is 0 Å². The van der Waals surface area contributed by atoms with Crippen LogP contribution in [0, 0.1) is 13.8 Å². The number of hydrogen-bond donors (Lipinski definition) is 1. The Balaban J connectivity index is 2.21. The predicted molar refractivity (Wildman–Crippen MR) is 68.3 cm³/mol. The fourth-order valence-electron chi connectivity index (χ4n) is 2.46. The van der Waals surface area contributed by atoms with Crippen LogP contribution in [-0.2, 0) is 9.47 Å². The highest BCUT2D eigenvalue weighted by Crippen LogP contribution is 2.23. The monoisotopic (exact) mass is 235 g/mol. The van der Waals surface area contributed by atoms with E-state index in [9.17, 15) is 0 Å². The summed E-state index contributed by atoms with van der Waals surface area (Å²) < 4.78 is 11.3. The molecule has 3 heteroatoms. The van der Waals surface area contributed by atoms with E-state index >= 15 is 0 Å². The van der Waals surface area contributed by atoms with Gasteiger partial charge in [0.1, 0.15) is 6.10 Å². The third kappa shape index (κ3) is 3.06. The standard InChI is InChI=1S/C14H21NO2/c1-10-6-11(2)8-12(7-10)14(15-3)13-9-16-4-5-17-13/h6-8,13-15H,4-5,9H2,1-3H3. The van der Waals surface area contributed by atoms with E-state index in [2.05, 4.69) is 37.4 Å². The Morgan fingerprint density at radius 1 is 1.18 bits per heavy atom. The molecular formula is C14H21NO2. The van der Waals surface area contributed by atoms with Gasteiger partial charge in [-0.2, -0.15) is 0 Å². The summed E-state index contributed by atoms with van der Waals surface area (Å²) in [5, 5.41) is 3.34. The Labute approximate surface area is 103 Å². The SMILES string of the molecule is CNC(c1cc(C)cc(C)c1)C1COCCO1. The van der Waals surface area contributed by atoms with Crippen LogP contribution in [0.1, 0.15) is 22.7 Å². The van der Waals surface area contributed by atoms with Crippen molar-refractivity contribution < 1.29 is 9.47 Å². The molecule has 0 spiro atoms. The molecule has 1 fully saturated rings. The number of nitrogens with one attached hydrogen (secondary N) is 1. The predicted octanol–water partition coefficient (Wildman–Crippen LogP) is 1.98. The summed E-state index contributed by atoms with van der Waals surface area (Å²) in [5.74, 6) is 0. The zero-order valence-electron chi connectivity index (χ0n) is 10.8. The van der Waals surface area contributed by atoms with Crippen molar-refractivity contribution in [1.29, 1.82) is 0 Å². The van der Waals surface area contributed by atoms with Gasteiger partial charge in [0.2, 0.25) is 0 Å². The molecule has 0 aromatic heterocycles. The fraction of sp³-hybridized carbons (Fsp3) is 0.571. The number of benzene rings is 1. The molecule has 1 saturated heterocycles. The molecule has 0 radical (unpaired) electrons. The van der Waals surface area contributed by atoms with Crippen LogP contribution in [0.25, 0.3) is 0 Å². The first-order valence-electron chi connectivity index (χ1n) is 6.15. The molecule has 1 aromatic rings. The van der Waals surface area contributed by atoms with Crippen molar-refractivity contribution in [2.24, 2.45) is 0 Å². The Hall–Kier alpha value is -0.900. The molecule has 2 atom stereocenters. The van der Waals surface area contributed by atoms with E-state index in [1.807, 2.05) is 7.05 Å². The maximum atomic E-state index is 5.78. The molecule has 3 nitrogen and oxygen atoms in total. The normalized spacial score (nSPS) is 22.4. The van der Waals surface area contributed by atoms with Crippen LogP contribution in [0.5, 0.6) is 0 Å². The van der Waals surface area contributed by atoms with Crippen LogP contribution in [0.2, 0.25) is 0 Å². The van der Waals surface area contributed by atoms with Crippen molar-refractivity contribution in [2.75, 3.05) is 26.9 Å². The second-order valence-electron chi connectivity index (χ2n) is 4.67. The van der Waals surface area contributed by atoms with E-state index < -0.39 is 0 Å². The number of ether oxygens (including phenoxy) is 2. The van der Waals surface area contributed by atoms with Crippen LogP contribution in [0.4, 0.5) is 0 Å². The Morgan fingerprint density at radius 2 is 1.88 bits per heavy atom. The zero-order chi connectivity index (χ0) is 12.3. The Bertz CT molecular complexity index is 352. The quantitative estimate of drug-likeness (QED) is 0.869. The molecule has 0 aliphatic carbocycles. The van der Waals surface area contributed by atoms with E-state index in [4.69, 9.17) is 9.47 Å². The fourth-order valence-corrected chi connectivity index (χ4v) is 2.46. The zero-order valence-corrected chi connectivity index (χ0v) is 10.8. The van der Waals surface area contributed by atoms with Gasteiger partial charge in [0.05, 0.1) is 25.9 Å². The molecule has 17 heavy (non-hydrogen) atoms. The van der Waals surface area contributed by atoms with E-state index in [0.29, 0.717) is 19.8 Å². The topological polar surface area (TPSA) is 30.5 Å². The van der Waals surface area contributed by atoms with Gasteiger partial charge in [-0.3, -0.25) is 0 Å². The highest BCUT2D eigenvalue weighted by molar-refractivity contribution is 5.31. The Kier molecular flexibility index (Phi) is 4.15. The van der Waals surface area contributed by atoms with Gasteiger partial charge in [0, 0.05) is 0 Å². The molecule has 0 bridgehead atoms. The number of rotatable bonds is 3.